The molecule has 0 bridgehead atoms. The van der Waals surface area contributed by atoms with Crippen LogP contribution >= 0.6 is 0 Å². The summed E-state index contributed by atoms with van der Waals surface area (Å²) in [5.74, 6) is 1.71. The Hall–Kier alpha value is -2.05. The number of nitrogens with one attached hydrogen (secondary N) is 1. The van der Waals surface area contributed by atoms with Gasteiger partial charge in [-0.05, 0) is 19.1 Å². The molecule has 6 nitrogen and oxygen atoms in total. The molecule has 1 aliphatic rings. The van der Waals surface area contributed by atoms with Crippen LogP contribution in [0.2, 0.25) is 0 Å². The van der Waals surface area contributed by atoms with Crippen molar-refractivity contribution in [2.45, 2.75) is 19.6 Å². The molecule has 0 amide bonds. The van der Waals surface area contributed by atoms with Gasteiger partial charge in [0.15, 0.2) is 0 Å². The van der Waals surface area contributed by atoms with Crippen molar-refractivity contribution in [2.24, 2.45) is 0 Å². The Balaban J connectivity index is 1.70. The van der Waals surface area contributed by atoms with E-state index in [1.165, 1.54) is 5.56 Å². The molecule has 116 valence electrons. The fourth-order valence-corrected chi connectivity index (χ4v) is 2.71. The molecule has 1 atom stereocenters. The van der Waals surface area contributed by atoms with E-state index in [4.69, 9.17) is 4.74 Å². The lowest BCUT2D eigenvalue weighted by atomic mass is 10.1. The first-order chi connectivity index (χ1) is 10.8. The van der Waals surface area contributed by atoms with Crippen LogP contribution in [-0.2, 0) is 11.3 Å². The van der Waals surface area contributed by atoms with Crippen LogP contribution in [0, 0.1) is 6.92 Å². The van der Waals surface area contributed by atoms with E-state index in [-0.39, 0.29) is 6.10 Å². The van der Waals surface area contributed by atoms with Gasteiger partial charge in [0, 0.05) is 44.6 Å². The predicted octanol–water partition coefficient (Wildman–Crippen LogP) is 1.80. The van der Waals surface area contributed by atoms with Gasteiger partial charge in [0.25, 0.3) is 0 Å². The standard InChI is InChI=1S/C16H21N5O/c1-12-18-7-5-14(20-12)15-11-21(8-9-22-15)10-13-4-3-6-19-16(13)17-2/h3-7,15H,8-11H2,1-2H3,(H,17,19). The van der Waals surface area contributed by atoms with Gasteiger partial charge in [0.1, 0.15) is 17.7 Å². The monoisotopic (exact) mass is 299 g/mol. The molecule has 1 saturated heterocycles. The van der Waals surface area contributed by atoms with Crippen molar-refractivity contribution in [3.63, 3.8) is 0 Å². The Bertz CT molecular complexity index is 633. The van der Waals surface area contributed by atoms with E-state index in [1.54, 1.807) is 12.4 Å². The Kier molecular flexibility index (Phi) is 4.60. The zero-order valence-electron chi connectivity index (χ0n) is 13.0. The number of ether oxygens (including phenoxy) is 1. The highest BCUT2D eigenvalue weighted by Gasteiger charge is 2.23. The molecule has 0 spiro atoms. The van der Waals surface area contributed by atoms with E-state index in [2.05, 4.69) is 31.2 Å². The fraction of sp³-hybridized carbons (Fsp3) is 0.438. The molecular formula is C16H21N5O. The van der Waals surface area contributed by atoms with E-state index in [0.717, 1.165) is 37.0 Å². The van der Waals surface area contributed by atoms with Crippen LogP contribution in [0.5, 0.6) is 0 Å². The normalized spacial score (nSPS) is 19.1. The minimum atomic E-state index is 0.00478. The number of anilines is 1. The van der Waals surface area contributed by atoms with Gasteiger partial charge in [-0.3, -0.25) is 4.90 Å². The summed E-state index contributed by atoms with van der Waals surface area (Å²) in [6, 6.07) is 6.02. The maximum atomic E-state index is 5.88. The van der Waals surface area contributed by atoms with Gasteiger partial charge in [0.05, 0.1) is 12.3 Å². The van der Waals surface area contributed by atoms with Crippen LogP contribution < -0.4 is 5.32 Å². The number of aryl methyl sites for hydroxylation is 1. The molecule has 22 heavy (non-hydrogen) atoms. The van der Waals surface area contributed by atoms with Gasteiger partial charge >= 0.3 is 0 Å². The summed E-state index contributed by atoms with van der Waals surface area (Å²) < 4.78 is 5.88. The summed E-state index contributed by atoms with van der Waals surface area (Å²) in [5, 5.41) is 3.15. The molecule has 3 rings (SSSR count). The molecule has 0 aliphatic carbocycles. The quantitative estimate of drug-likeness (QED) is 0.929. The number of hydrogen-bond donors (Lipinski definition) is 1. The van der Waals surface area contributed by atoms with Crippen LogP contribution in [-0.4, -0.2) is 46.6 Å². The number of nitrogens with zero attached hydrogens (tertiary/aromatic N) is 4. The average Bonchev–Trinajstić information content (AvgIpc) is 2.56. The largest absolute Gasteiger partial charge is 0.373 e. The third-order valence-electron chi connectivity index (χ3n) is 3.80. The van der Waals surface area contributed by atoms with E-state index in [0.29, 0.717) is 6.61 Å². The number of aromatic nitrogens is 3. The molecule has 2 aromatic rings. The Morgan fingerprint density at radius 2 is 2.23 bits per heavy atom. The number of hydrogen-bond acceptors (Lipinski definition) is 6. The minimum Gasteiger partial charge on any atom is -0.373 e. The third kappa shape index (κ3) is 3.40. The molecule has 1 aliphatic heterocycles. The molecule has 0 aromatic carbocycles. The zero-order valence-corrected chi connectivity index (χ0v) is 13.0. The molecule has 0 radical (unpaired) electrons. The van der Waals surface area contributed by atoms with Gasteiger partial charge in [0.2, 0.25) is 0 Å². The Labute approximate surface area is 130 Å². The Morgan fingerprint density at radius 3 is 3.05 bits per heavy atom. The van der Waals surface area contributed by atoms with Crippen molar-refractivity contribution in [3.8, 4) is 0 Å². The zero-order chi connectivity index (χ0) is 15.4. The number of rotatable bonds is 4. The summed E-state index contributed by atoms with van der Waals surface area (Å²) in [6.07, 6.45) is 3.60. The van der Waals surface area contributed by atoms with Gasteiger partial charge in [-0.2, -0.15) is 0 Å². The highest BCUT2D eigenvalue weighted by molar-refractivity contribution is 5.42. The lowest BCUT2D eigenvalue weighted by Crippen LogP contribution is -2.38. The van der Waals surface area contributed by atoms with Crippen LogP contribution in [0.1, 0.15) is 23.2 Å². The lowest BCUT2D eigenvalue weighted by molar-refractivity contribution is -0.0350. The molecule has 6 heteroatoms. The van der Waals surface area contributed by atoms with Gasteiger partial charge in [-0.15, -0.1) is 0 Å². The van der Waals surface area contributed by atoms with Crippen molar-refractivity contribution >= 4 is 5.82 Å². The summed E-state index contributed by atoms with van der Waals surface area (Å²) in [5.41, 5.74) is 2.15. The first kappa shape index (κ1) is 14.9. The van der Waals surface area contributed by atoms with Crippen molar-refractivity contribution in [1.29, 1.82) is 0 Å². The summed E-state index contributed by atoms with van der Waals surface area (Å²) in [4.78, 5) is 15.4. The van der Waals surface area contributed by atoms with Crippen molar-refractivity contribution < 1.29 is 4.74 Å². The average molecular weight is 299 g/mol. The van der Waals surface area contributed by atoms with Crippen LogP contribution in [0.3, 0.4) is 0 Å². The SMILES string of the molecule is CNc1ncccc1CN1CCOC(c2ccnc(C)n2)C1. The number of pyridine rings is 1. The summed E-state index contributed by atoms with van der Waals surface area (Å²) >= 11 is 0. The molecule has 0 saturated carbocycles. The van der Waals surface area contributed by atoms with E-state index < -0.39 is 0 Å². The van der Waals surface area contributed by atoms with Crippen molar-refractivity contribution in [3.05, 3.63) is 47.7 Å². The first-order valence-corrected chi connectivity index (χ1v) is 7.51. The van der Waals surface area contributed by atoms with E-state index >= 15 is 0 Å². The fourth-order valence-electron chi connectivity index (χ4n) is 2.71. The summed E-state index contributed by atoms with van der Waals surface area (Å²) in [7, 11) is 1.90. The van der Waals surface area contributed by atoms with Crippen molar-refractivity contribution in [1.82, 2.24) is 19.9 Å². The molecule has 1 fully saturated rings. The van der Waals surface area contributed by atoms with E-state index in [1.807, 2.05) is 26.1 Å². The van der Waals surface area contributed by atoms with Crippen LogP contribution in [0.4, 0.5) is 5.82 Å². The number of morpholine rings is 1. The topological polar surface area (TPSA) is 63.2 Å². The van der Waals surface area contributed by atoms with Crippen LogP contribution in [0.25, 0.3) is 0 Å². The second kappa shape index (κ2) is 6.81. The van der Waals surface area contributed by atoms with Gasteiger partial charge in [-0.1, -0.05) is 6.07 Å². The maximum Gasteiger partial charge on any atom is 0.130 e. The van der Waals surface area contributed by atoms with E-state index in [9.17, 15) is 0 Å². The first-order valence-electron chi connectivity index (χ1n) is 7.51. The highest BCUT2D eigenvalue weighted by Crippen LogP contribution is 2.23. The maximum absolute atomic E-state index is 5.88. The van der Waals surface area contributed by atoms with Gasteiger partial charge in [-0.25, -0.2) is 15.0 Å². The molecule has 3 heterocycles. The summed E-state index contributed by atoms with van der Waals surface area (Å²) in [6.45, 7) is 5.21. The Morgan fingerprint density at radius 1 is 1.32 bits per heavy atom. The molecular weight excluding hydrogens is 278 g/mol. The molecule has 1 unspecified atom stereocenters. The molecule has 1 N–H and O–H groups in total. The van der Waals surface area contributed by atoms with Gasteiger partial charge < -0.3 is 10.1 Å². The smallest absolute Gasteiger partial charge is 0.130 e. The highest BCUT2D eigenvalue weighted by atomic mass is 16.5. The third-order valence-corrected chi connectivity index (χ3v) is 3.80. The van der Waals surface area contributed by atoms with Crippen LogP contribution in [0.15, 0.2) is 30.6 Å². The second-order valence-corrected chi connectivity index (χ2v) is 5.38. The predicted molar refractivity (Wildman–Crippen MR) is 84.5 cm³/mol. The van der Waals surface area contributed by atoms with Crippen molar-refractivity contribution in [2.75, 3.05) is 32.1 Å². The lowest BCUT2D eigenvalue weighted by Gasteiger charge is -2.32. The molecule has 2 aromatic heterocycles. The second-order valence-electron chi connectivity index (χ2n) is 5.38. The minimum absolute atomic E-state index is 0.00478.